The maximum absolute atomic E-state index is 12.0. The lowest BCUT2D eigenvalue weighted by Crippen LogP contribution is -2.33. The van der Waals surface area contributed by atoms with Gasteiger partial charge < -0.3 is 4.84 Å². The summed E-state index contributed by atoms with van der Waals surface area (Å²) < 4.78 is 0. The number of imide groups is 1. The van der Waals surface area contributed by atoms with Gasteiger partial charge in [-0.25, -0.2) is 4.79 Å². The fourth-order valence-corrected chi connectivity index (χ4v) is 2.44. The number of carbonyl (C=O) groups excluding carboxylic acids is 3. The first-order chi connectivity index (χ1) is 9.66. The van der Waals surface area contributed by atoms with Crippen molar-refractivity contribution in [3.05, 3.63) is 52.0 Å². The summed E-state index contributed by atoms with van der Waals surface area (Å²) in [5, 5.41) is 0.508. The van der Waals surface area contributed by atoms with Crippen molar-refractivity contribution in [2.24, 2.45) is 0 Å². The average molecular weight is 288 g/mol. The minimum absolute atomic E-state index is 0.0297. The summed E-state index contributed by atoms with van der Waals surface area (Å²) in [5.74, 6) is -1.92. The van der Waals surface area contributed by atoms with Crippen molar-refractivity contribution in [3.63, 3.8) is 0 Å². The van der Waals surface area contributed by atoms with Crippen molar-refractivity contribution in [2.75, 3.05) is 0 Å². The van der Waals surface area contributed by atoms with E-state index in [0.717, 1.165) is 0 Å². The molecule has 0 saturated heterocycles. The molecule has 1 aromatic heterocycles. The fourth-order valence-electron chi connectivity index (χ4n) is 1.86. The number of carbonyl (C=O) groups is 3. The predicted octanol–water partition coefficient (Wildman–Crippen LogP) is 1.44. The number of amides is 2. The number of hydrogen-bond donors (Lipinski definition) is 0. The largest absolute Gasteiger partial charge is 0.338 e. The SMILES string of the molecule is O=C(Cc1cncs1)ON1C(=O)c2ccccc2C1=O. The van der Waals surface area contributed by atoms with Crippen LogP contribution in [0.25, 0.3) is 0 Å². The number of thiazole rings is 1. The minimum atomic E-state index is -0.677. The first-order valence-electron chi connectivity index (χ1n) is 5.73. The van der Waals surface area contributed by atoms with E-state index in [4.69, 9.17) is 4.84 Å². The second-order valence-electron chi connectivity index (χ2n) is 4.06. The summed E-state index contributed by atoms with van der Waals surface area (Å²) in [6, 6.07) is 6.33. The van der Waals surface area contributed by atoms with Crippen LogP contribution in [0.4, 0.5) is 0 Å². The molecule has 0 N–H and O–H groups in total. The van der Waals surface area contributed by atoms with Gasteiger partial charge in [-0.05, 0) is 12.1 Å². The van der Waals surface area contributed by atoms with Gasteiger partial charge in [-0.2, -0.15) is 0 Å². The molecule has 2 aromatic rings. The Hall–Kier alpha value is -2.54. The normalized spacial score (nSPS) is 13.5. The molecular formula is C13H8N2O4S. The molecule has 0 bridgehead atoms. The van der Waals surface area contributed by atoms with Gasteiger partial charge in [0.25, 0.3) is 11.8 Å². The highest BCUT2D eigenvalue weighted by molar-refractivity contribution is 7.09. The maximum Gasteiger partial charge on any atom is 0.338 e. The highest BCUT2D eigenvalue weighted by Crippen LogP contribution is 2.23. The van der Waals surface area contributed by atoms with Crippen molar-refractivity contribution >= 4 is 29.1 Å². The quantitative estimate of drug-likeness (QED) is 0.799. The first-order valence-corrected chi connectivity index (χ1v) is 6.61. The minimum Gasteiger partial charge on any atom is -0.329 e. The van der Waals surface area contributed by atoms with E-state index in [1.165, 1.54) is 29.7 Å². The second-order valence-corrected chi connectivity index (χ2v) is 5.03. The van der Waals surface area contributed by atoms with Gasteiger partial charge >= 0.3 is 5.97 Å². The van der Waals surface area contributed by atoms with Crippen LogP contribution in [0.1, 0.15) is 25.6 Å². The van der Waals surface area contributed by atoms with Gasteiger partial charge in [0.05, 0.1) is 23.1 Å². The summed E-state index contributed by atoms with van der Waals surface area (Å²) in [7, 11) is 0. The average Bonchev–Trinajstić information content (AvgIpc) is 3.03. The first kappa shape index (κ1) is 12.5. The van der Waals surface area contributed by atoms with Crippen molar-refractivity contribution in [1.29, 1.82) is 0 Å². The van der Waals surface area contributed by atoms with E-state index in [-0.39, 0.29) is 17.5 Å². The molecule has 0 spiro atoms. The van der Waals surface area contributed by atoms with Gasteiger partial charge in [0.15, 0.2) is 0 Å². The lowest BCUT2D eigenvalue weighted by molar-refractivity contribution is -0.167. The molecule has 0 unspecified atom stereocenters. The van der Waals surface area contributed by atoms with Crippen LogP contribution < -0.4 is 0 Å². The zero-order chi connectivity index (χ0) is 14.1. The Morgan fingerprint density at radius 2 is 1.85 bits per heavy atom. The van der Waals surface area contributed by atoms with Crippen LogP contribution in [0.3, 0.4) is 0 Å². The van der Waals surface area contributed by atoms with Gasteiger partial charge in [0.1, 0.15) is 0 Å². The molecule has 3 rings (SSSR count). The number of benzene rings is 1. The molecule has 7 heteroatoms. The number of nitrogens with zero attached hydrogens (tertiary/aromatic N) is 2. The standard InChI is InChI=1S/C13H8N2O4S/c16-11(5-8-6-14-7-20-8)19-15-12(17)9-3-1-2-4-10(9)13(15)18/h1-4,6-7H,5H2. The van der Waals surface area contributed by atoms with Crippen molar-refractivity contribution in [3.8, 4) is 0 Å². The Morgan fingerprint density at radius 1 is 1.20 bits per heavy atom. The molecule has 0 saturated carbocycles. The predicted molar refractivity (Wildman–Crippen MR) is 68.9 cm³/mol. The zero-order valence-corrected chi connectivity index (χ0v) is 10.9. The monoisotopic (exact) mass is 288 g/mol. The van der Waals surface area contributed by atoms with Crippen LogP contribution in [-0.2, 0) is 16.1 Å². The Morgan fingerprint density at radius 3 is 2.40 bits per heavy atom. The fraction of sp³-hybridized carbons (Fsp3) is 0.0769. The third-order valence-electron chi connectivity index (χ3n) is 2.75. The lowest BCUT2D eigenvalue weighted by Gasteiger charge is -2.11. The smallest absolute Gasteiger partial charge is 0.329 e. The van der Waals surface area contributed by atoms with E-state index < -0.39 is 17.8 Å². The van der Waals surface area contributed by atoms with Crippen LogP contribution >= 0.6 is 11.3 Å². The molecule has 1 aliphatic heterocycles. The Bertz CT molecular complexity index is 661. The summed E-state index contributed by atoms with van der Waals surface area (Å²) in [5.41, 5.74) is 2.07. The molecular weight excluding hydrogens is 280 g/mol. The summed E-state index contributed by atoms with van der Waals surface area (Å²) in [4.78, 5) is 45.0. The summed E-state index contributed by atoms with van der Waals surface area (Å²) in [6.07, 6.45) is 1.51. The van der Waals surface area contributed by atoms with Gasteiger partial charge in [0.2, 0.25) is 0 Å². The van der Waals surface area contributed by atoms with Crippen molar-refractivity contribution in [1.82, 2.24) is 10.0 Å². The molecule has 2 heterocycles. The molecule has 0 aliphatic carbocycles. The topological polar surface area (TPSA) is 76.6 Å². The zero-order valence-electron chi connectivity index (χ0n) is 10.1. The van der Waals surface area contributed by atoms with Crippen LogP contribution in [-0.4, -0.2) is 27.8 Å². The highest BCUT2D eigenvalue weighted by atomic mass is 32.1. The molecule has 0 radical (unpaired) electrons. The molecule has 100 valence electrons. The van der Waals surface area contributed by atoms with E-state index in [2.05, 4.69) is 4.98 Å². The Labute approximate surface area is 117 Å². The van der Waals surface area contributed by atoms with Gasteiger partial charge in [-0.15, -0.1) is 11.3 Å². The van der Waals surface area contributed by atoms with E-state index in [1.54, 1.807) is 17.6 Å². The van der Waals surface area contributed by atoms with Gasteiger partial charge in [-0.3, -0.25) is 14.6 Å². The molecule has 0 fully saturated rings. The number of hydrogen-bond acceptors (Lipinski definition) is 6. The van der Waals surface area contributed by atoms with Crippen LogP contribution in [0, 0.1) is 0 Å². The third kappa shape index (κ3) is 2.08. The Kier molecular flexibility index (Phi) is 3.03. The van der Waals surface area contributed by atoms with Crippen LogP contribution in [0.15, 0.2) is 36.0 Å². The molecule has 1 aliphatic rings. The van der Waals surface area contributed by atoms with E-state index >= 15 is 0 Å². The maximum atomic E-state index is 12.0. The molecule has 6 nitrogen and oxygen atoms in total. The lowest BCUT2D eigenvalue weighted by atomic mass is 10.1. The molecule has 2 amide bonds. The van der Waals surface area contributed by atoms with E-state index in [9.17, 15) is 14.4 Å². The number of rotatable bonds is 3. The Balaban J connectivity index is 1.75. The summed E-state index contributed by atoms with van der Waals surface area (Å²) in [6.45, 7) is 0. The highest BCUT2D eigenvalue weighted by Gasteiger charge is 2.38. The molecule has 1 aromatic carbocycles. The summed E-state index contributed by atoms with van der Waals surface area (Å²) >= 11 is 1.30. The number of hydroxylamine groups is 2. The van der Waals surface area contributed by atoms with Gasteiger partial charge in [0, 0.05) is 11.1 Å². The van der Waals surface area contributed by atoms with Crippen molar-refractivity contribution < 1.29 is 19.2 Å². The van der Waals surface area contributed by atoms with Crippen molar-refractivity contribution in [2.45, 2.75) is 6.42 Å². The van der Waals surface area contributed by atoms with E-state index in [1.807, 2.05) is 0 Å². The van der Waals surface area contributed by atoms with Gasteiger partial charge in [-0.1, -0.05) is 17.2 Å². The number of fused-ring (bicyclic) bond motifs is 1. The third-order valence-corrected chi connectivity index (χ3v) is 3.53. The molecule has 20 heavy (non-hydrogen) atoms. The van der Waals surface area contributed by atoms with E-state index in [0.29, 0.717) is 9.94 Å². The van der Waals surface area contributed by atoms with Crippen LogP contribution in [0.5, 0.6) is 0 Å². The van der Waals surface area contributed by atoms with Crippen LogP contribution in [0.2, 0.25) is 0 Å². The second kappa shape index (κ2) is 4.86. The molecule has 0 atom stereocenters. The number of aromatic nitrogens is 1.